The van der Waals surface area contributed by atoms with Gasteiger partial charge >= 0.3 is 6.36 Å². The second-order valence-electron chi connectivity index (χ2n) is 5.35. The molecule has 0 heterocycles. The van der Waals surface area contributed by atoms with Crippen molar-refractivity contribution in [1.29, 1.82) is 0 Å². The van der Waals surface area contributed by atoms with Gasteiger partial charge in [-0.1, -0.05) is 31.9 Å². The molecule has 0 spiro atoms. The summed E-state index contributed by atoms with van der Waals surface area (Å²) < 4.78 is 91.6. The van der Waals surface area contributed by atoms with Crippen LogP contribution < -0.4 is 9.46 Å². The molecule has 0 unspecified atom stereocenters. The van der Waals surface area contributed by atoms with Gasteiger partial charge in [0.1, 0.15) is 4.90 Å². The first-order valence-corrected chi connectivity index (χ1v) is 11.9. The van der Waals surface area contributed by atoms with E-state index in [0.29, 0.717) is 0 Å². The number of sulfonamides is 1. The maximum absolute atomic E-state index is 12.6. The van der Waals surface area contributed by atoms with Crippen LogP contribution in [-0.4, -0.2) is 34.6 Å². The zero-order chi connectivity index (χ0) is 21.5. The Hall–Kier alpha value is -1.51. The molecule has 0 radical (unpaired) electrons. The van der Waals surface area contributed by atoms with Gasteiger partial charge in [0.2, 0.25) is 0 Å². The minimum Gasteiger partial charge on any atom is -0.503 e. The van der Waals surface area contributed by atoms with Crippen molar-refractivity contribution in [2.24, 2.45) is 0 Å². The molecular formula is C14H10Br2F3NO6S2. The van der Waals surface area contributed by atoms with E-state index in [1.807, 2.05) is 4.72 Å². The summed E-state index contributed by atoms with van der Waals surface area (Å²) in [7, 11) is -8.29. The fraction of sp³-hybridized carbons (Fsp3) is 0.143. The first kappa shape index (κ1) is 22.8. The van der Waals surface area contributed by atoms with Crippen molar-refractivity contribution in [2.75, 3.05) is 11.0 Å². The van der Waals surface area contributed by atoms with Crippen molar-refractivity contribution in [3.05, 3.63) is 39.3 Å². The van der Waals surface area contributed by atoms with Gasteiger partial charge in [0, 0.05) is 15.2 Å². The third-order valence-corrected chi connectivity index (χ3v) is 6.47. The summed E-state index contributed by atoms with van der Waals surface area (Å²) in [5, 5.41) is 9.96. The number of phenols is 1. The Bertz CT molecular complexity index is 1130. The highest BCUT2D eigenvalue weighted by Crippen LogP contribution is 2.40. The predicted molar refractivity (Wildman–Crippen MR) is 101 cm³/mol. The van der Waals surface area contributed by atoms with Crippen molar-refractivity contribution >= 4 is 57.4 Å². The quantitative estimate of drug-likeness (QED) is 0.564. The van der Waals surface area contributed by atoms with Crippen LogP contribution in [0.4, 0.5) is 18.9 Å². The average Bonchev–Trinajstić information content (AvgIpc) is 2.47. The van der Waals surface area contributed by atoms with Crippen LogP contribution in [0.15, 0.2) is 49.1 Å². The first-order chi connectivity index (χ1) is 12.6. The van der Waals surface area contributed by atoms with E-state index in [9.17, 15) is 35.1 Å². The number of aromatic hydroxyl groups is 1. The predicted octanol–water partition coefficient (Wildman–Crippen LogP) is 4.02. The summed E-state index contributed by atoms with van der Waals surface area (Å²) >= 11 is 5.88. The Balaban J connectivity index is 2.53. The molecule has 2 aromatic rings. The third-order valence-electron chi connectivity index (χ3n) is 3.07. The van der Waals surface area contributed by atoms with Gasteiger partial charge in [-0.2, -0.15) is 0 Å². The third kappa shape index (κ3) is 5.75. The molecule has 2 aromatic carbocycles. The fourth-order valence-electron chi connectivity index (χ4n) is 2.00. The Morgan fingerprint density at radius 1 is 1.00 bits per heavy atom. The molecule has 0 fully saturated rings. The highest BCUT2D eigenvalue weighted by molar-refractivity contribution is 9.10. The SMILES string of the molecule is CS(=O)(=O)c1cc(Br)cc(NS(=O)(=O)c2cc(Br)cc(OC(F)(F)F)c2O)c1. The monoisotopic (exact) mass is 567 g/mol. The smallest absolute Gasteiger partial charge is 0.503 e. The van der Waals surface area contributed by atoms with E-state index in [0.717, 1.165) is 24.5 Å². The molecule has 14 heteroatoms. The molecule has 0 amide bonds. The Morgan fingerprint density at radius 3 is 2.11 bits per heavy atom. The molecule has 0 bridgehead atoms. The van der Waals surface area contributed by atoms with Gasteiger partial charge in [-0.25, -0.2) is 16.8 Å². The van der Waals surface area contributed by atoms with Crippen molar-refractivity contribution < 1.29 is 39.9 Å². The number of anilines is 1. The van der Waals surface area contributed by atoms with E-state index in [1.165, 1.54) is 12.1 Å². The van der Waals surface area contributed by atoms with Gasteiger partial charge in [-0.05, 0) is 30.3 Å². The zero-order valence-electron chi connectivity index (χ0n) is 13.6. The van der Waals surface area contributed by atoms with E-state index in [4.69, 9.17) is 0 Å². The molecule has 2 rings (SSSR count). The number of halogens is 5. The molecule has 0 aliphatic carbocycles. The van der Waals surface area contributed by atoms with Crippen LogP contribution in [0.5, 0.6) is 11.5 Å². The van der Waals surface area contributed by atoms with E-state index in [-0.39, 0.29) is 19.5 Å². The fourth-order valence-corrected chi connectivity index (χ4v) is 5.09. The van der Waals surface area contributed by atoms with Crippen LogP contribution in [0.2, 0.25) is 0 Å². The maximum atomic E-state index is 12.6. The normalized spacial score (nSPS) is 12.6. The minimum atomic E-state index is -5.17. The zero-order valence-corrected chi connectivity index (χ0v) is 18.4. The van der Waals surface area contributed by atoms with Crippen LogP contribution in [-0.2, 0) is 19.9 Å². The molecule has 0 aromatic heterocycles. The van der Waals surface area contributed by atoms with Crippen LogP contribution in [0.3, 0.4) is 0 Å². The Kier molecular flexibility index (Phi) is 6.28. The van der Waals surface area contributed by atoms with E-state index in [2.05, 4.69) is 36.6 Å². The van der Waals surface area contributed by atoms with E-state index >= 15 is 0 Å². The summed E-state index contributed by atoms with van der Waals surface area (Å²) in [6, 6.07) is 5.08. The van der Waals surface area contributed by atoms with Gasteiger partial charge in [0.15, 0.2) is 21.3 Å². The minimum absolute atomic E-state index is 0.115. The molecule has 28 heavy (non-hydrogen) atoms. The number of sulfone groups is 1. The molecule has 7 nitrogen and oxygen atoms in total. The lowest BCUT2D eigenvalue weighted by atomic mass is 10.3. The van der Waals surface area contributed by atoms with Gasteiger partial charge in [-0.15, -0.1) is 13.2 Å². The van der Waals surface area contributed by atoms with Gasteiger partial charge < -0.3 is 9.84 Å². The highest BCUT2D eigenvalue weighted by atomic mass is 79.9. The van der Waals surface area contributed by atoms with Crippen molar-refractivity contribution in [3.8, 4) is 11.5 Å². The molecule has 154 valence electrons. The number of alkyl halides is 3. The topological polar surface area (TPSA) is 110 Å². The second-order valence-corrected chi connectivity index (χ2v) is 10.8. The molecule has 2 N–H and O–H groups in total. The number of rotatable bonds is 5. The molecular weight excluding hydrogens is 559 g/mol. The number of nitrogens with one attached hydrogen (secondary N) is 1. The molecule has 0 atom stereocenters. The van der Waals surface area contributed by atoms with Crippen molar-refractivity contribution in [2.45, 2.75) is 16.2 Å². The van der Waals surface area contributed by atoms with Crippen LogP contribution in [0.25, 0.3) is 0 Å². The lowest BCUT2D eigenvalue weighted by molar-refractivity contribution is -0.275. The standard InChI is InChI=1S/C14H10Br2F3NO6S2/c1-27(22,23)10-3-7(15)2-9(6-10)20-28(24,25)12-5-8(16)4-11(13(12)21)26-14(17,18)19/h2-6,20-21H,1H3. The summed E-state index contributed by atoms with van der Waals surface area (Å²) in [6.07, 6.45) is -4.25. The number of phenolic OH excluding ortho intramolecular Hbond substituents is 1. The summed E-state index contributed by atoms with van der Waals surface area (Å²) in [5.41, 5.74) is -0.201. The molecule has 0 aliphatic heterocycles. The molecule has 0 saturated heterocycles. The van der Waals surface area contributed by atoms with Crippen molar-refractivity contribution in [1.82, 2.24) is 0 Å². The maximum Gasteiger partial charge on any atom is 0.573 e. The Morgan fingerprint density at radius 2 is 1.57 bits per heavy atom. The van der Waals surface area contributed by atoms with Gasteiger partial charge in [0.05, 0.1) is 10.6 Å². The highest BCUT2D eigenvalue weighted by Gasteiger charge is 2.34. The summed E-state index contributed by atoms with van der Waals surface area (Å²) in [5.74, 6) is -2.40. The number of benzene rings is 2. The molecule has 0 aliphatic rings. The van der Waals surface area contributed by atoms with E-state index in [1.54, 1.807) is 0 Å². The lowest BCUT2D eigenvalue weighted by Gasteiger charge is -2.15. The number of ether oxygens (including phenoxy) is 1. The van der Waals surface area contributed by atoms with Crippen LogP contribution >= 0.6 is 31.9 Å². The second kappa shape index (κ2) is 7.72. The first-order valence-electron chi connectivity index (χ1n) is 6.90. The Labute approximate surface area is 174 Å². The van der Waals surface area contributed by atoms with E-state index < -0.39 is 42.6 Å². The summed E-state index contributed by atoms with van der Waals surface area (Å²) in [6.45, 7) is 0. The number of hydrogen-bond acceptors (Lipinski definition) is 6. The van der Waals surface area contributed by atoms with Gasteiger partial charge in [-0.3, -0.25) is 4.72 Å². The summed E-state index contributed by atoms with van der Waals surface area (Å²) in [4.78, 5) is -1.12. The van der Waals surface area contributed by atoms with Gasteiger partial charge in [0.25, 0.3) is 10.0 Å². The average molecular weight is 569 g/mol. The lowest BCUT2D eigenvalue weighted by Crippen LogP contribution is -2.18. The number of hydrogen-bond donors (Lipinski definition) is 2. The van der Waals surface area contributed by atoms with Crippen LogP contribution in [0.1, 0.15) is 0 Å². The largest absolute Gasteiger partial charge is 0.573 e. The van der Waals surface area contributed by atoms with Crippen LogP contribution in [0, 0.1) is 0 Å². The molecule has 0 saturated carbocycles. The van der Waals surface area contributed by atoms with Crippen molar-refractivity contribution in [3.63, 3.8) is 0 Å².